The van der Waals surface area contributed by atoms with E-state index in [1.807, 2.05) is 62.4 Å². The van der Waals surface area contributed by atoms with Crippen LogP contribution in [0.4, 0.5) is 11.5 Å². The minimum Gasteiger partial charge on any atom is -0.325 e. The standard InChI is InChI=1S/C30H26N4O2S2/c1-19-9-12-21(13-10-19)18-34-29(36)25(38-30(34)37)16-23-27(31-26-14-11-20(2)17-33(26)28(23)35)32-15-5-7-22-6-3-4-8-24(22)32/h3-4,6,8-14,16-17H,5,7,15,18H2,1-2H3. The molecule has 190 valence electrons. The number of rotatable bonds is 4. The Balaban J connectivity index is 1.47. The van der Waals surface area contributed by atoms with Gasteiger partial charge < -0.3 is 4.90 Å². The number of thiocarbonyl (C=S) groups is 1. The van der Waals surface area contributed by atoms with E-state index in [1.165, 1.54) is 17.3 Å². The van der Waals surface area contributed by atoms with E-state index in [4.69, 9.17) is 17.2 Å². The molecule has 1 amide bonds. The number of aromatic nitrogens is 2. The summed E-state index contributed by atoms with van der Waals surface area (Å²) in [5.74, 6) is 0.370. The van der Waals surface area contributed by atoms with Crippen LogP contribution in [0.1, 0.15) is 34.2 Å². The third-order valence-electron chi connectivity index (χ3n) is 6.96. The molecule has 38 heavy (non-hydrogen) atoms. The number of hydrogen-bond donors (Lipinski definition) is 0. The Kier molecular flexibility index (Phi) is 6.37. The molecule has 0 unspecified atom stereocenters. The van der Waals surface area contributed by atoms with Gasteiger partial charge in [0.1, 0.15) is 15.8 Å². The molecule has 0 aliphatic carbocycles. The largest absolute Gasteiger partial charge is 0.325 e. The van der Waals surface area contributed by atoms with Crippen LogP contribution in [0.25, 0.3) is 11.7 Å². The second kappa shape index (κ2) is 9.85. The molecule has 2 aromatic carbocycles. The first-order valence-corrected chi connectivity index (χ1v) is 13.8. The minimum absolute atomic E-state index is 0.195. The summed E-state index contributed by atoms with van der Waals surface area (Å²) < 4.78 is 2.05. The van der Waals surface area contributed by atoms with Crippen LogP contribution in [-0.2, 0) is 17.8 Å². The smallest absolute Gasteiger partial charge is 0.267 e. The first kappa shape index (κ1) is 24.6. The summed E-state index contributed by atoms with van der Waals surface area (Å²) >= 11 is 6.82. The van der Waals surface area contributed by atoms with Gasteiger partial charge in [-0.1, -0.05) is 78.1 Å². The molecule has 0 bridgehead atoms. The Bertz CT molecular complexity index is 1690. The van der Waals surface area contributed by atoms with Crippen molar-refractivity contribution in [3.63, 3.8) is 0 Å². The van der Waals surface area contributed by atoms with Crippen molar-refractivity contribution in [3.8, 4) is 0 Å². The zero-order chi connectivity index (χ0) is 26.4. The van der Waals surface area contributed by atoms with Crippen LogP contribution in [0.15, 0.2) is 76.6 Å². The van der Waals surface area contributed by atoms with Crippen molar-refractivity contribution in [1.82, 2.24) is 14.3 Å². The second-order valence-corrected chi connectivity index (χ2v) is 11.4. The summed E-state index contributed by atoms with van der Waals surface area (Å²) in [6.07, 6.45) is 5.40. The fourth-order valence-electron chi connectivity index (χ4n) is 4.98. The number of anilines is 2. The monoisotopic (exact) mass is 538 g/mol. The van der Waals surface area contributed by atoms with E-state index in [1.54, 1.807) is 21.6 Å². The molecule has 4 aromatic rings. The Morgan fingerprint density at radius 1 is 1.00 bits per heavy atom. The molecule has 0 N–H and O–H groups in total. The van der Waals surface area contributed by atoms with Crippen molar-refractivity contribution in [3.05, 3.63) is 110 Å². The lowest BCUT2D eigenvalue weighted by molar-refractivity contribution is -0.122. The van der Waals surface area contributed by atoms with Crippen LogP contribution >= 0.6 is 24.0 Å². The van der Waals surface area contributed by atoms with Crippen LogP contribution in [0.3, 0.4) is 0 Å². The molecule has 6 rings (SSSR count). The predicted molar refractivity (Wildman–Crippen MR) is 158 cm³/mol. The Morgan fingerprint density at radius 3 is 2.58 bits per heavy atom. The van der Waals surface area contributed by atoms with Gasteiger partial charge >= 0.3 is 0 Å². The van der Waals surface area contributed by atoms with E-state index < -0.39 is 0 Å². The van der Waals surface area contributed by atoms with E-state index >= 15 is 0 Å². The van der Waals surface area contributed by atoms with Crippen molar-refractivity contribution >= 4 is 57.4 Å². The molecule has 4 heterocycles. The normalized spacial score (nSPS) is 16.5. The highest BCUT2D eigenvalue weighted by molar-refractivity contribution is 8.26. The number of pyridine rings is 1. The number of carbonyl (C=O) groups excluding carboxylic acids is 1. The Hall–Kier alpha value is -3.75. The topological polar surface area (TPSA) is 57.9 Å². The molecular weight excluding hydrogens is 512 g/mol. The third-order valence-corrected chi connectivity index (χ3v) is 8.34. The van der Waals surface area contributed by atoms with Crippen LogP contribution in [-0.4, -0.2) is 31.1 Å². The zero-order valence-corrected chi connectivity index (χ0v) is 22.8. The first-order chi connectivity index (χ1) is 18.4. The highest BCUT2D eigenvalue weighted by Crippen LogP contribution is 2.37. The molecule has 1 fully saturated rings. The maximum atomic E-state index is 13.9. The SMILES string of the molecule is Cc1ccc(CN2C(=O)C(=Cc3c(N4CCCc5ccccc54)nc4ccc(C)cn4c3=O)SC2=S)cc1. The highest BCUT2D eigenvalue weighted by atomic mass is 32.2. The number of amides is 1. The number of benzene rings is 2. The van der Waals surface area contributed by atoms with Crippen molar-refractivity contribution < 1.29 is 4.79 Å². The van der Waals surface area contributed by atoms with Gasteiger partial charge in [0, 0.05) is 18.4 Å². The van der Waals surface area contributed by atoms with Gasteiger partial charge in [-0.15, -0.1) is 0 Å². The quantitative estimate of drug-likeness (QED) is 0.242. The second-order valence-electron chi connectivity index (χ2n) is 9.73. The Labute approximate surface area is 230 Å². The summed E-state index contributed by atoms with van der Waals surface area (Å²) in [6.45, 7) is 5.10. The Morgan fingerprint density at radius 2 is 1.76 bits per heavy atom. The molecule has 6 nitrogen and oxygen atoms in total. The summed E-state index contributed by atoms with van der Waals surface area (Å²) in [6, 6.07) is 20.1. The number of para-hydroxylation sites is 1. The number of fused-ring (bicyclic) bond motifs is 2. The fourth-order valence-corrected chi connectivity index (χ4v) is 6.21. The summed E-state index contributed by atoms with van der Waals surface area (Å²) in [7, 11) is 0. The lowest BCUT2D eigenvalue weighted by Crippen LogP contribution is -2.30. The van der Waals surface area contributed by atoms with Gasteiger partial charge in [0.15, 0.2) is 0 Å². The van der Waals surface area contributed by atoms with Gasteiger partial charge in [0.2, 0.25) is 0 Å². The maximum Gasteiger partial charge on any atom is 0.267 e. The van der Waals surface area contributed by atoms with Crippen molar-refractivity contribution in [1.29, 1.82) is 0 Å². The average molecular weight is 539 g/mol. The molecule has 0 saturated carbocycles. The van der Waals surface area contributed by atoms with E-state index in [2.05, 4.69) is 17.0 Å². The van der Waals surface area contributed by atoms with Gasteiger partial charge in [-0.3, -0.25) is 18.9 Å². The summed E-state index contributed by atoms with van der Waals surface area (Å²) in [5.41, 5.74) is 6.13. The van der Waals surface area contributed by atoms with Gasteiger partial charge in [-0.05, 0) is 61.6 Å². The molecule has 8 heteroatoms. The van der Waals surface area contributed by atoms with E-state index in [0.717, 1.165) is 41.8 Å². The van der Waals surface area contributed by atoms with Gasteiger partial charge in [-0.2, -0.15) is 0 Å². The number of aryl methyl sites for hydroxylation is 3. The molecular formula is C30H26N4O2S2. The van der Waals surface area contributed by atoms with Gasteiger partial charge in [0.05, 0.1) is 17.0 Å². The molecule has 0 radical (unpaired) electrons. The molecule has 1 saturated heterocycles. The first-order valence-electron chi connectivity index (χ1n) is 12.6. The number of thioether (sulfide) groups is 1. The fraction of sp³-hybridized carbons (Fsp3) is 0.200. The minimum atomic E-state index is -0.208. The number of carbonyl (C=O) groups is 1. The third kappa shape index (κ3) is 4.44. The van der Waals surface area contributed by atoms with Crippen molar-refractivity contribution in [2.45, 2.75) is 33.2 Å². The highest BCUT2D eigenvalue weighted by Gasteiger charge is 2.33. The average Bonchev–Trinajstić information content (AvgIpc) is 3.18. The van der Waals surface area contributed by atoms with E-state index in [0.29, 0.717) is 32.8 Å². The molecule has 0 atom stereocenters. The van der Waals surface area contributed by atoms with Crippen LogP contribution in [0.2, 0.25) is 0 Å². The van der Waals surface area contributed by atoms with Gasteiger partial charge in [0.25, 0.3) is 11.5 Å². The van der Waals surface area contributed by atoms with Gasteiger partial charge in [-0.25, -0.2) is 4.98 Å². The summed E-state index contributed by atoms with van der Waals surface area (Å²) in [4.78, 5) is 36.5. The maximum absolute atomic E-state index is 13.9. The van der Waals surface area contributed by atoms with Crippen molar-refractivity contribution in [2.75, 3.05) is 11.4 Å². The van der Waals surface area contributed by atoms with E-state index in [-0.39, 0.29) is 11.5 Å². The molecule has 2 aromatic heterocycles. The lowest BCUT2D eigenvalue weighted by Gasteiger charge is -2.31. The lowest BCUT2D eigenvalue weighted by atomic mass is 10.0. The number of hydrogen-bond acceptors (Lipinski definition) is 6. The van der Waals surface area contributed by atoms with E-state index in [9.17, 15) is 9.59 Å². The van der Waals surface area contributed by atoms with Crippen molar-refractivity contribution in [2.24, 2.45) is 0 Å². The zero-order valence-electron chi connectivity index (χ0n) is 21.2. The predicted octanol–water partition coefficient (Wildman–Crippen LogP) is 5.80. The molecule has 2 aliphatic rings. The van der Waals surface area contributed by atoms with Crippen LogP contribution < -0.4 is 10.5 Å². The van der Waals surface area contributed by atoms with Crippen LogP contribution in [0, 0.1) is 13.8 Å². The summed E-state index contributed by atoms with van der Waals surface area (Å²) in [5, 5.41) is 0. The number of nitrogens with zero attached hydrogens (tertiary/aromatic N) is 4. The van der Waals surface area contributed by atoms with Crippen LogP contribution in [0.5, 0.6) is 0 Å². The molecule has 0 spiro atoms. The molecule has 2 aliphatic heterocycles.